The van der Waals surface area contributed by atoms with Crippen molar-refractivity contribution in [3.63, 3.8) is 0 Å². The fourth-order valence-corrected chi connectivity index (χ4v) is 1.89. The lowest BCUT2D eigenvalue weighted by Gasteiger charge is -2.08. The molecule has 0 amide bonds. The molecule has 0 heterocycles. The molecule has 2 aromatic carbocycles. The number of nitrogens with two attached hydrogens (primary N) is 1. The first-order valence-electron chi connectivity index (χ1n) is 6.71. The molecule has 0 aliphatic carbocycles. The Morgan fingerprint density at radius 1 is 1.10 bits per heavy atom. The third-order valence-corrected chi connectivity index (χ3v) is 2.93. The summed E-state index contributed by atoms with van der Waals surface area (Å²) in [5.41, 5.74) is 7.42. The predicted octanol–water partition coefficient (Wildman–Crippen LogP) is 3.19. The van der Waals surface area contributed by atoms with Crippen molar-refractivity contribution in [2.24, 2.45) is 5.73 Å². The van der Waals surface area contributed by atoms with Crippen molar-refractivity contribution in [3.05, 3.63) is 65.7 Å². The molecule has 1 unspecified atom stereocenters. The molecule has 0 bridgehead atoms. The average Bonchev–Trinajstić information content (AvgIpc) is 2.46. The molecule has 0 aliphatic heterocycles. The molecule has 0 saturated carbocycles. The van der Waals surface area contributed by atoms with Crippen LogP contribution in [0.25, 0.3) is 0 Å². The Labute approximate surface area is 119 Å². The minimum Gasteiger partial charge on any atom is -0.489 e. The van der Waals surface area contributed by atoms with Crippen molar-refractivity contribution in [1.82, 2.24) is 0 Å². The van der Waals surface area contributed by atoms with Gasteiger partial charge in [0.25, 0.3) is 0 Å². The second-order valence-corrected chi connectivity index (χ2v) is 4.90. The Morgan fingerprint density at radius 2 is 1.75 bits per heavy atom. The molecule has 20 heavy (non-hydrogen) atoms. The highest BCUT2D eigenvalue weighted by Gasteiger charge is 2.08. The van der Waals surface area contributed by atoms with E-state index in [1.165, 1.54) is 0 Å². The Bertz CT molecular complexity index is 547. The number of benzene rings is 2. The van der Waals surface area contributed by atoms with Crippen LogP contribution in [0.1, 0.15) is 29.3 Å². The van der Waals surface area contributed by atoms with E-state index in [9.17, 15) is 4.79 Å². The molecule has 0 spiro atoms. The molecule has 3 nitrogen and oxygen atoms in total. The fraction of sp³-hybridized carbons (Fsp3) is 0.235. The first kappa shape index (κ1) is 14.3. The number of hydrogen-bond donors (Lipinski definition) is 1. The lowest BCUT2D eigenvalue weighted by molar-refractivity contribution is 0.0976. The Balaban J connectivity index is 1.93. The topological polar surface area (TPSA) is 52.3 Å². The van der Waals surface area contributed by atoms with Crippen LogP contribution in [0.3, 0.4) is 0 Å². The second kappa shape index (κ2) is 6.87. The second-order valence-electron chi connectivity index (χ2n) is 4.90. The lowest BCUT2D eigenvalue weighted by Crippen LogP contribution is -2.19. The number of ketones is 1. The number of carbonyl (C=O) groups is 1. The third kappa shape index (κ3) is 4.21. The highest BCUT2D eigenvalue weighted by Crippen LogP contribution is 2.15. The van der Waals surface area contributed by atoms with Gasteiger partial charge in [-0.2, -0.15) is 0 Å². The Kier molecular flexibility index (Phi) is 4.91. The van der Waals surface area contributed by atoms with Gasteiger partial charge < -0.3 is 10.5 Å². The van der Waals surface area contributed by atoms with Crippen molar-refractivity contribution < 1.29 is 9.53 Å². The van der Waals surface area contributed by atoms with Gasteiger partial charge in [-0.25, -0.2) is 0 Å². The maximum atomic E-state index is 11.8. The predicted molar refractivity (Wildman–Crippen MR) is 79.8 cm³/mol. The number of Topliss-reactive ketones (excluding diaryl/α,β-unsaturated/α-hetero) is 1. The van der Waals surface area contributed by atoms with Gasteiger partial charge in [0, 0.05) is 18.0 Å². The van der Waals surface area contributed by atoms with Gasteiger partial charge in [0.05, 0.1) is 0 Å². The van der Waals surface area contributed by atoms with Crippen LogP contribution < -0.4 is 10.5 Å². The number of hydrogen-bond acceptors (Lipinski definition) is 3. The summed E-state index contributed by atoms with van der Waals surface area (Å²) < 4.78 is 5.67. The van der Waals surface area contributed by atoms with E-state index in [2.05, 4.69) is 0 Å². The number of carbonyl (C=O) groups excluding carboxylic acids is 1. The van der Waals surface area contributed by atoms with Gasteiger partial charge in [-0.15, -0.1) is 0 Å². The Hall–Kier alpha value is -2.13. The van der Waals surface area contributed by atoms with Crippen molar-refractivity contribution in [2.75, 3.05) is 0 Å². The SMILES string of the molecule is CC(N)CC(=O)c1ccc(OCc2ccccc2)cc1. The lowest BCUT2D eigenvalue weighted by atomic mass is 10.1. The number of ether oxygens (including phenoxy) is 1. The summed E-state index contributed by atoms with van der Waals surface area (Å²) in [6.07, 6.45) is 0.365. The van der Waals surface area contributed by atoms with Gasteiger partial charge in [0.15, 0.2) is 5.78 Å². The minimum absolute atomic E-state index is 0.0645. The van der Waals surface area contributed by atoms with E-state index in [4.69, 9.17) is 10.5 Å². The summed E-state index contributed by atoms with van der Waals surface area (Å²) in [6.45, 7) is 2.35. The van der Waals surface area contributed by atoms with E-state index in [1.807, 2.05) is 49.4 Å². The fourth-order valence-electron chi connectivity index (χ4n) is 1.89. The summed E-state index contributed by atoms with van der Waals surface area (Å²) in [5, 5.41) is 0. The van der Waals surface area contributed by atoms with Gasteiger partial charge in [-0.3, -0.25) is 4.79 Å². The zero-order valence-corrected chi connectivity index (χ0v) is 11.6. The molecule has 0 saturated heterocycles. The summed E-state index contributed by atoms with van der Waals surface area (Å²) in [5.74, 6) is 0.820. The maximum absolute atomic E-state index is 11.8. The zero-order chi connectivity index (χ0) is 14.4. The number of rotatable bonds is 6. The molecule has 1 atom stereocenters. The standard InChI is InChI=1S/C17H19NO2/c1-13(18)11-17(19)15-7-9-16(10-8-15)20-12-14-5-3-2-4-6-14/h2-10,13H,11-12,18H2,1H3. The van der Waals surface area contributed by atoms with E-state index < -0.39 is 0 Å². The summed E-state index contributed by atoms with van der Waals surface area (Å²) >= 11 is 0. The van der Waals surface area contributed by atoms with Crippen LogP contribution in [0, 0.1) is 0 Å². The van der Waals surface area contributed by atoms with E-state index >= 15 is 0 Å². The smallest absolute Gasteiger partial charge is 0.164 e. The van der Waals surface area contributed by atoms with E-state index in [0.717, 1.165) is 11.3 Å². The molecular formula is C17H19NO2. The maximum Gasteiger partial charge on any atom is 0.164 e. The highest BCUT2D eigenvalue weighted by molar-refractivity contribution is 5.96. The van der Waals surface area contributed by atoms with Crippen molar-refractivity contribution in [1.29, 1.82) is 0 Å². The van der Waals surface area contributed by atoms with Gasteiger partial charge in [0.2, 0.25) is 0 Å². The van der Waals surface area contributed by atoms with Gasteiger partial charge in [-0.1, -0.05) is 30.3 Å². The molecule has 0 aromatic heterocycles. The highest BCUT2D eigenvalue weighted by atomic mass is 16.5. The van der Waals surface area contributed by atoms with Crippen LogP contribution in [-0.4, -0.2) is 11.8 Å². The molecular weight excluding hydrogens is 250 g/mol. The Morgan fingerprint density at radius 3 is 2.35 bits per heavy atom. The van der Waals surface area contributed by atoms with Crippen LogP contribution >= 0.6 is 0 Å². The van der Waals surface area contributed by atoms with Gasteiger partial charge in [-0.05, 0) is 36.8 Å². The van der Waals surface area contributed by atoms with Crippen LogP contribution in [0.4, 0.5) is 0 Å². The molecule has 0 fully saturated rings. The van der Waals surface area contributed by atoms with Crippen LogP contribution in [0.5, 0.6) is 5.75 Å². The van der Waals surface area contributed by atoms with Crippen LogP contribution in [-0.2, 0) is 6.61 Å². The monoisotopic (exact) mass is 269 g/mol. The molecule has 3 heteroatoms. The first-order valence-corrected chi connectivity index (χ1v) is 6.71. The minimum atomic E-state index is -0.114. The molecule has 2 N–H and O–H groups in total. The van der Waals surface area contributed by atoms with Crippen LogP contribution in [0.15, 0.2) is 54.6 Å². The molecule has 0 radical (unpaired) electrons. The summed E-state index contributed by atoms with van der Waals surface area (Å²) in [4.78, 5) is 11.8. The third-order valence-electron chi connectivity index (χ3n) is 2.93. The van der Waals surface area contributed by atoms with E-state index in [0.29, 0.717) is 18.6 Å². The van der Waals surface area contributed by atoms with Crippen molar-refractivity contribution in [2.45, 2.75) is 26.0 Å². The van der Waals surface area contributed by atoms with E-state index in [1.54, 1.807) is 12.1 Å². The molecule has 0 aliphatic rings. The van der Waals surface area contributed by atoms with Crippen LogP contribution in [0.2, 0.25) is 0 Å². The van der Waals surface area contributed by atoms with Crippen molar-refractivity contribution >= 4 is 5.78 Å². The molecule has 104 valence electrons. The molecule has 2 aromatic rings. The normalized spacial score (nSPS) is 11.9. The van der Waals surface area contributed by atoms with Gasteiger partial charge >= 0.3 is 0 Å². The first-order chi connectivity index (χ1) is 9.65. The largest absolute Gasteiger partial charge is 0.489 e. The quantitative estimate of drug-likeness (QED) is 0.819. The summed E-state index contributed by atoms with van der Waals surface area (Å²) in [6, 6.07) is 17.0. The van der Waals surface area contributed by atoms with Crippen molar-refractivity contribution in [3.8, 4) is 5.75 Å². The average molecular weight is 269 g/mol. The molecule has 2 rings (SSSR count). The zero-order valence-electron chi connectivity index (χ0n) is 11.6. The summed E-state index contributed by atoms with van der Waals surface area (Å²) in [7, 11) is 0. The van der Waals surface area contributed by atoms with Gasteiger partial charge in [0.1, 0.15) is 12.4 Å². The van der Waals surface area contributed by atoms with E-state index in [-0.39, 0.29) is 11.8 Å².